The third kappa shape index (κ3) is 6.24. The number of nitrogens with zero attached hydrogens (tertiary/aromatic N) is 1. The van der Waals surface area contributed by atoms with Crippen LogP contribution >= 0.6 is 0 Å². The van der Waals surface area contributed by atoms with E-state index in [2.05, 4.69) is 66.5 Å². The van der Waals surface area contributed by atoms with E-state index in [-0.39, 0.29) is 12.3 Å². The summed E-state index contributed by atoms with van der Waals surface area (Å²) < 4.78 is 10.9. The Morgan fingerprint density at radius 2 is 1.91 bits per heavy atom. The summed E-state index contributed by atoms with van der Waals surface area (Å²) in [5.74, 6) is -1.02. The van der Waals surface area contributed by atoms with Crippen molar-refractivity contribution in [3.05, 3.63) is 53.6 Å². The summed E-state index contributed by atoms with van der Waals surface area (Å²) in [4.78, 5) is 13.9. The van der Waals surface area contributed by atoms with Gasteiger partial charge in [-0.05, 0) is 61.6 Å². The normalized spacial score (nSPS) is 15.3. The lowest BCUT2D eigenvalue weighted by Crippen LogP contribution is -2.39. The van der Waals surface area contributed by atoms with E-state index in [0.29, 0.717) is 12.6 Å². The Kier molecular flexibility index (Phi) is 8.94. The van der Waals surface area contributed by atoms with Crippen molar-refractivity contribution in [3.63, 3.8) is 0 Å². The van der Waals surface area contributed by atoms with Gasteiger partial charge in [-0.2, -0.15) is 0 Å². The molecule has 0 saturated carbocycles. The third-order valence-corrected chi connectivity index (χ3v) is 6.20. The first kappa shape index (κ1) is 24.1. The topological polar surface area (TPSA) is 71.0 Å². The molecule has 0 radical (unpaired) electrons. The fraction of sp³-hybridized carbons (Fsp3) is 0.500. The highest BCUT2D eigenvalue weighted by Gasteiger charge is 2.24. The first-order valence-electron chi connectivity index (χ1n) is 11.6. The van der Waals surface area contributed by atoms with Gasteiger partial charge in [-0.1, -0.05) is 25.1 Å². The number of anilines is 3. The smallest absolute Gasteiger partial charge is 0.304 e. The van der Waals surface area contributed by atoms with Gasteiger partial charge in [-0.25, -0.2) is 0 Å². The number of ether oxygens (including phenoxy) is 2. The van der Waals surface area contributed by atoms with Gasteiger partial charge in [0.2, 0.25) is 0 Å². The number of methoxy groups -OCH3 is 1. The maximum atomic E-state index is 11.4. The average Bonchev–Trinajstić information content (AvgIpc) is 2.81. The monoisotopic (exact) mass is 440 g/mol. The molecule has 2 aromatic carbocycles. The molecule has 0 bridgehead atoms. The maximum Gasteiger partial charge on any atom is 0.304 e. The van der Waals surface area contributed by atoms with Crippen molar-refractivity contribution in [2.75, 3.05) is 43.7 Å². The largest absolute Gasteiger partial charge is 0.481 e. The minimum absolute atomic E-state index is 0.0370. The van der Waals surface area contributed by atoms with Crippen molar-refractivity contribution in [2.24, 2.45) is 0 Å². The molecule has 0 aliphatic carbocycles. The highest BCUT2D eigenvalue weighted by Crippen LogP contribution is 2.36. The summed E-state index contributed by atoms with van der Waals surface area (Å²) in [6.45, 7) is 7.17. The number of aryl methyl sites for hydroxylation is 1. The molecular formula is C26H36N2O4. The number of rotatable bonds is 11. The molecule has 0 spiro atoms. The quantitative estimate of drug-likeness (QED) is 0.500. The van der Waals surface area contributed by atoms with Crippen LogP contribution in [0.5, 0.6) is 0 Å². The van der Waals surface area contributed by atoms with Gasteiger partial charge < -0.3 is 24.8 Å². The molecule has 6 nitrogen and oxygen atoms in total. The fourth-order valence-corrected chi connectivity index (χ4v) is 4.44. The van der Waals surface area contributed by atoms with Gasteiger partial charge in [0.1, 0.15) is 0 Å². The van der Waals surface area contributed by atoms with Crippen LogP contribution in [0.25, 0.3) is 0 Å². The molecule has 6 heteroatoms. The number of carboxylic acids is 1. The van der Waals surface area contributed by atoms with E-state index in [0.717, 1.165) is 61.6 Å². The van der Waals surface area contributed by atoms with E-state index in [1.165, 1.54) is 5.56 Å². The van der Waals surface area contributed by atoms with E-state index in [9.17, 15) is 9.90 Å². The first-order chi connectivity index (χ1) is 15.5. The number of carboxylic acid groups (broad SMARTS) is 1. The van der Waals surface area contributed by atoms with Gasteiger partial charge >= 0.3 is 5.97 Å². The zero-order valence-corrected chi connectivity index (χ0v) is 19.5. The summed E-state index contributed by atoms with van der Waals surface area (Å²) in [6, 6.07) is 15.2. The van der Waals surface area contributed by atoms with Gasteiger partial charge in [-0.3, -0.25) is 4.79 Å². The van der Waals surface area contributed by atoms with Gasteiger partial charge in [-0.15, -0.1) is 0 Å². The summed E-state index contributed by atoms with van der Waals surface area (Å²) in [5, 5.41) is 13.0. The Hall–Kier alpha value is -2.57. The molecule has 1 aliphatic heterocycles. The number of hydrogen-bond acceptors (Lipinski definition) is 5. The molecular weight excluding hydrogens is 404 g/mol. The summed E-state index contributed by atoms with van der Waals surface area (Å²) in [5.41, 5.74) is 5.41. The van der Waals surface area contributed by atoms with Crippen molar-refractivity contribution in [1.82, 2.24) is 0 Å². The van der Waals surface area contributed by atoms with Crippen LogP contribution in [0, 0.1) is 0 Å². The van der Waals surface area contributed by atoms with Crippen LogP contribution in [0.1, 0.15) is 50.2 Å². The van der Waals surface area contributed by atoms with Crippen LogP contribution in [0.4, 0.5) is 17.1 Å². The van der Waals surface area contributed by atoms with Gasteiger partial charge in [0.05, 0.1) is 24.4 Å². The average molecular weight is 441 g/mol. The minimum atomic E-state index is -0.821. The highest BCUT2D eigenvalue weighted by molar-refractivity contribution is 5.77. The van der Waals surface area contributed by atoms with Gasteiger partial charge in [0.25, 0.3) is 0 Å². The number of hydrogen-bond donors (Lipinski definition) is 2. The number of carbonyl (C=O) groups is 1. The van der Waals surface area contributed by atoms with E-state index in [4.69, 9.17) is 9.47 Å². The molecule has 2 N–H and O–H groups in total. The van der Waals surface area contributed by atoms with Crippen molar-refractivity contribution in [2.45, 2.75) is 51.5 Å². The Morgan fingerprint density at radius 1 is 1.19 bits per heavy atom. The van der Waals surface area contributed by atoms with Crippen LogP contribution in [-0.4, -0.2) is 50.6 Å². The summed E-state index contributed by atoms with van der Waals surface area (Å²) >= 11 is 0. The second kappa shape index (κ2) is 11.9. The molecule has 0 amide bonds. The molecule has 1 saturated heterocycles. The molecule has 2 aromatic rings. The molecule has 1 fully saturated rings. The predicted molar refractivity (Wildman–Crippen MR) is 129 cm³/mol. The second-order valence-corrected chi connectivity index (χ2v) is 8.33. The van der Waals surface area contributed by atoms with Crippen molar-refractivity contribution in [3.8, 4) is 0 Å². The Balaban J connectivity index is 1.98. The zero-order valence-electron chi connectivity index (χ0n) is 19.5. The van der Waals surface area contributed by atoms with Crippen LogP contribution in [-0.2, 0) is 20.7 Å². The van der Waals surface area contributed by atoms with Crippen molar-refractivity contribution >= 4 is 23.0 Å². The Labute approximate surface area is 191 Å². The van der Waals surface area contributed by atoms with Crippen LogP contribution < -0.4 is 10.2 Å². The van der Waals surface area contributed by atoms with Crippen LogP contribution in [0.3, 0.4) is 0 Å². The summed E-state index contributed by atoms with van der Waals surface area (Å²) in [7, 11) is 1.61. The molecule has 1 atom stereocenters. The van der Waals surface area contributed by atoms with E-state index in [1.54, 1.807) is 7.11 Å². The van der Waals surface area contributed by atoms with E-state index < -0.39 is 5.97 Å². The highest BCUT2D eigenvalue weighted by atomic mass is 16.5. The SMILES string of the molecule is CCc1ccc(Nc2cc([C@H](COC)CC(=O)O)ccc2N(CC)C2CCOCC2)cc1. The molecule has 32 heavy (non-hydrogen) atoms. The molecule has 1 heterocycles. The molecule has 0 unspecified atom stereocenters. The lowest BCUT2D eigenvalue weighted by Gasteiger charge is -2.37. The first-order valence-corrected chi connectivity index (χ1v) is 11.6. The second-order valence-electron chi connectivity index (χ2n) is 8.33. The third-order valence-electron chi connectivity index (χ3n) is 6.20. The predicted octanol–water partition coefficient (Wildman–Crippen LogP) is 5.20. The molecule has 174 valence electrons. The van der Waals surface area contributed by atoms with Crippen molar-refractivity contribution < 1.29 is 19.4 Å². The summed E-state index contributed by atoms with van der Waals surface area (Å²) in [6.07, 6.45) is 3.05. The van der Waals surface area contributed by atoms with Crippen LogP contribution in [0.15, 0.2) is 42.5 Å². The van der Waals surface area contributed by atoms with Gasteiger partial charge in [0.15, 0.2) is 0 Å². The zero-order chi connectivity index (χ0) is 22.9. The minimum Gasteiger partial charge on any atom is -0.481 e. The maximum absolute atomic E-state index is 11.4. The standard InChI is InChI=1S/C26H36N2O4/c1-4-19-6-9-22(10-7-19)27-24-16-20(21(18-31-3)17-26(29)30)8-11-25(24)28(5-2)23-12-14-32-15-13-23/h6-11,16,21,23,27H,4-5,12-15,17-18H2,1-3H3,(H,29,30)/t21-/m0/s1. The Bertz CT molecular complexity index is 863. The number of aliphatic carboxylic acids is 1. The number of benzene rings is 2. The Morgan fingerprint density at radius 3 is 2.50 bits per heavy atom. The molecule has 3 rings (SSSR count). The molecule has 0 aromatic heterocycles. The van der Waals surface area contributed by atoms with Crippen molar-refractivity contribution in [1.29, 1.82) is 0 Å². The number of nitrogens with one attached hydrogen (secondary N) is 1. The van der Waals surface area contributed by atoms with E-state index >= 15 is 0 Å². The lowest BCUT2D eigenvalue weighted by molar-refractivity contribution is -0.137. The van der Waals surface area contributed by atoms with E-state index in [1.807, 2.05) is 0 Å². The fourth-order valence-electron chi connectivity index (χ4n) is 4.44. The lowest BCUT2D eigenvalue weighted by atomic mass is 9.94. The molecule has 1 aliphatic rings. The van der Waals surface area contributed by atoms with Crippen LogP contribution in [0.2, 0.25) is 0 Å². The van der Waals surface area contributed by atoms with Gasteiger partial charge in [0, 0.05) is 44.5 Å².